The summed E-state index contributed by atoms with van der Waals surface area (Å²) >= 11 is 3.41. The largest absolute Gasteiger partial charge is 0.497 e. The fraction of sp³-hybridized carbons (Fsp3) is 0.0556. The van der Waals surface area contributed by atoms with Crippen LogP contribution in [-0.4, -0.2) is 18.0 Å². The number of nitrogens with one attached hydrogen (secondary N) is 1. The van der Waals surface area contributed by atoms with E-state index in [1.807, 2.05) is 30.3 Å². The van der Waals surface area contributed by atoms with E-state index in [9.17, 15) is 10.1 Å². The lowest BCUT2D eigenvalue weighted by Crippen LogP contribution is -2.16. The number of fused-ring (bicyclic) bond motifs is 1. The van der Waals surface area contributed by atoms with Gasteiger partial charge in [-0.15, -0.1) is 0 Å². The average molecular weight is 397 g/mol. The van der Waals surface area contributed by atoms with Crippen LogP contribution in [0, 0.1) is 11.3 Å². The van der Waals surface area contributed by atoms with Crippen molar-refractivity contribution in [1.29, 1.82) is 5.26 Å². The van der Waals surface area contributed by atoms with Gasteiger partial charge in [0.2, 0.25) is 0 Å². The minimum atomic E-state index is -0.765. The number of hydrogen-bond donors (Lipinski definition) is 2. The van der Waals surface area contributed by atoms with E-state index >= 15 is 0 Å². The molecule has 3 aromatic rings. The Morgan fingerprint density at radius 1 is 1.32 bits per heavy atom. The summed E-state index contributed by atoms with van der Waals surface area (Å²) in [6.07, 6.45) is 0. The minimum Gasteiger partial charge on any atom is -0.497 e. The van der Waals surface area contributed by atoms with Crippen molar-refractivity contribution in [2.24, 2.45) is 5.73 Å². The molecule has 7 heteroatoms. The van der Waals surface area contributed by atoms with Crippen molar-refractivity contribution in [1.82, 2.24) is 4.98 Å². The zero-order valence-electron chi connectivity index (χ0n) is 13.2. The molecule has 3 N–H and O–H groups in total. The normalized spacial score (nSPS) is 10.3. The van der Waals surface area contributed by atoms with Gasteiger partial charge in [-0.05, 0) is 30.3 Å². The predicted molar refractivity (Wildman–Crippen MR) is 99.0 cm³/mol. The fourth-order valence-corrected chi connectivity index (χ4v) is 2.90. The van der Waals surface area contributed by atoms with Crippen LogP contribution in [0.15, 0.2) is 46.9 Å². The molecular weight excluding hydrogens is 384 g/mol. The third-order valence-electron chi connectivity index (χ3n) is 3.63. The SMILES string of the molecule is COc1ccc2c(Nc3cccc(Br)c3)c(C#N)c(C(N)=O)nc2c1. The van der Waals surface area contributed by atoms with Gasteiger partial charge in [0.15, 0.2) is 0 Å². The van der Waals surface area contributed by atoms with Crippen LogP contribution < -0.4 is 15.8 Å². The van der Waals surface area contributed by atoms with E-state index in [1.54, 1.807) is 25.3 Å². The number of carbonyl (C=O) groups excluding carboxylic acids is 1. The summed E-state index contributed by atoms with van der Waals surface area (Å²) in [6, 6.07) is 14.7. The van der Waals surface area contributed by atoms with Crippen LogP contribution in [0.4, 0.5) is 11.4 Å². The zero-order valence-corrected chi connectivity index (χ0v) is 14.8. The third kappa shape index (κ3) is 3.25. The van der Waals surface area contributed by atoms with E-state index in [0.29, 0.717) is 22.3 Å². The van der Waals surface area contributed by atoms with Crippen LogP contribution >= 0.6 is 15.9 Å². The number of halogens is 1. The maximum absolute atomic E-state index is 11.8. The van der Waals surface area contributed by atoms with Crippen molar-refractivity contribution in [3.05, 3.63) is 58.2 Å². The smallest absolute Gasteiger partial charge is 0.268 e. The van der Waals surface area contributed by atoms with Gasteiger partial charge in [0.25, 0.3) is 5.91 Å². The summed E-state index contributed by atoms with van der Waals surface area (Å²) < 4.78 is 6.09. The van der Waals surface area contributed by atoms with Crippen LogP contribution in [0.25, 0.3) is 10.9 Å². The Balaban J connectivity index is 2.29. The summed E-state index contributed by atoms with van der Waals surface area (Å²) in [5.41, 5.74) is 7.17. The van der Waals surface area contributed by atoms with Gasteiger partial charge in [-0.3, -0.25) is 4.79 Å². The third-order valence-corrected chi connectivity index (χ3v) is 4.13. The van der Waals surface area contributed by atoms with Gasteiger partial charge in [-0.1, -0.05) is 22.0 Å². The van der Waals surface area contributed by atoms with Crippen LogP contribution in [0.5, 0.6) is 5.75 Å². The van der Waals surface area contributed by atoms with Gasteiger partial charge < -0.3 is 15.8 Å². The number of amides is 1. The Hall–Kier alpha value is -3.11. The second-order valence-corrected chi connectivity index (χ2v) is 6.12. The van der Waals surface area contributed by atoms with Gasteiger partial charge in [-0.25, -0.2) is 4.98 Å². The molecule has 0 spiro atoms. The van der Waals surface area contributed by atoms with E-state index in [2.05, 4.69) is 26.2 Å². The first kappa shape index (κ1) is 16.7. The van der Waals surface area contributed by atoms with Crippen LogP contribution in [-0.2, 0) is 0 Å². The molecule has 0 saturated heterocycles. The lowest BCUT2D eigenvalue weighted by atomic mass is 10.1. The molecule has 0 aliphatic heterocycles. The number of benzene rings is 2. The summed E-state index contributed by atoms with van der Waals surface area (Å²) in [5, 5.41) is 13.5. The van der Waals surface area contributed by atoms with E-state index in [1.165, 1.54) is 0 Å². The molecule has 0 radical (unpaired) electrons. The molecule has 0 bridgehead atoms. The first-order chi connectivity index (χ1) is 12.0. The van der Waals surface area contributed by atoms with E-state index in [4.69, 9.17) is 10.5 Å². The number of nitrogens with zero attached hydrogens (tertiary/aromatic N) is 2. The first-order valence-corrected chi connectivity index (χ1v) is 8.07. The molecule has 0 aliphatic carbocycles. The molecule has 1 aromatic heterocycles. The molecule has 0 aliphatic rings. The summed E-state index contributed by atoms with van der Waals surface area (Å²) in [7, 11) is 1.54. The summed E-state index contributed by atoms with van der Waals surface area (Å²) in [5.74, 6) is -0.174. The standard InChI is InChI=1S/C18H13BrN4O2/c1-25-12-5-6-13-15(8-12)23-17(18(21)24)14(9-20)16(13)22-11-4-2-3-10(19)7-11/h2-8H,1H3,(H2,21,24)(H,22,23). The predicted octanol–water partition coefficient (Wildman–Crippen LogP) is 3.72. The number of pyridine rings is 1. The Labute approximate surface area is 152 Å². The van der Waals surface area contributed by atoms with Gasteiger partial charge in [0.05, 0.1) is 18.3 Å². The number of rotatable bonds is 4. The number of carbonyl (C=O) groups is 1. The van der Waals surface area contributed by atoms with Crippen LogP contribution in [0.3, 0.4) is 0 Å². The number of hydrogen-bond acceptors (Lipinski definition) is 5. The average Bonchev–Trinajstić information content (AvgIpc) is 2.60. The Morgan fingerprint density at radius 2 is 2.12 bits per heavy atom. The maximum atomic E-state index is 11.8. The number of anilines is 2. The quantitative estimate of drug-likeness (QED) is 0.699. The second-order valence-electron chi connectivity index (χ2n) is 5.20. The first-order valence-electron chi connectivity index (χ1n) is 7.27. The Bertz CT molecular complexity index is 1030. The molecule has 1 heterocycles. The molecule has 0 unspecified atom stereocenters. The fourth-order valence-electron chi connectivity index (χ4n) is 2.50. The highest BCUT2D eigenvalue weighted by Gasteiger charge is 2.19. The van der Waals surface area contributed by atoms with E-state index in [0.717, 1.165) is 10.2 Å². The molecule has 0 fully saturated rings. The van der Waals surface area contributed by atoms with Crippen molar-refractivity contribution in [3.8, 4) is 11.8 Å². The number of nitrogens with two attached hydrogens (primary N) is 1. The van der Waals surface area contributed by atoms with E-state index < -0.39 is 5.91 Å². The molecule has 6 nitrogen and oxygen atoms in total. The summed E-state index contributed by atoms with van der Waals surface area (Å²) in [6.45, 7) is 0. The molecule has 2 aromatic carbocycles. The lowest BCUT2D eigenvalue weighted by Gasteiger charge is -2.14. The van der Waals surface area contributed by atoms with Crippen molar-refractivity contribution in [2.45, 2.75) is 0 Å². The highest BCUT2D eigenvalue weighted by molar-refractivity contribution is 9.10. The summed E-state index contributed by atoms with van der Waals surface area (Å²) in [4.78, 5) is 16.0. The molecule has 124 valence electrons. The molecule has 3 rings (SSSR count). The van der Waals surface area contributed by atoms with Crippen molar-refractivity contribution >= 4 is 44.1 Å². The molecule has 25 heavy (non-hydrogen) atoms. The lowest BCUT2D eigenvalue weighted by molar-refractivity contribution is 0.0995. The number of primary amides is 1. The van der Waals surface area contributed by atoms with Crippen molar-refractivity contribution in [2.75, 3.05) is 12.4 Å². The number of ether oxygens (including phenoxy) is 1. The van der Waals surface area contributed by atoms with Gasteiger partial charge >= 0.3 is 0 Å². The van der Waals surface area contributed by atoms with Crippen LogP contribution in [0.1, 0.15) is 16.1 Å². The maximum Gasteiger partial charge on any atom is 0.268 e. The topological polar surface area (TPSA) is 101 Å². The number of nitriles is 1. The van der Waals surface area contributed by atoms with Gasteiger partial charge in [0.1, 0.15) is 23.1 Å². The molecule has 0 saturated carbocycles. The zero-order chi connectivity index (χ0) is 18.0. The number of aromatic nitrogens is 1. The van der Waals surface area contributed by atoms with Crippen molar-refractivity contribution < 1.29 is 9.53 Å². The molecule has 1 amide bonds. The van der Waals surface area contributed by atoms with E-state index in [-0.39, 0.29) is 11.3 Å². The highest BCUT2D eigenvalue weighted by Crippen LogP contribution is 2.33. The minimum absolute atomic E-state index is 0.0826. The van der Waals surface area contributed by atoms with Gasteiger partial charge in [-0.2, -0.15) is 5.26 Å². The molecule has 0 atom stereocenters. The monoisotopic (exact) mass is 396 g/mol. The molecular formula is C18H13BrN4O2. The second kappa shape index (κ2) is 6.79. The Kier molecular flexibility index (Phi) is 4.55. The highest BCUT2D eigenvalue weighted by atomic mass is 79.9. The van der Waals surface area contributed by atoms with Crippen molar-refractivity contribution in [3.63, 3.8) is 0 Å². The van der Waals surface area contributed by atoms with Gasteiger partial charge in [0, 0.05) is 21.6 Å². The Morgan fingerprint density at radius 3 is 2.76 bits per heavy atom. The van der Waals surface area contributed by atoms with Crippen LogP contribution in [0.2, 0.25) is 0 Å². The number of methoxy groups -OCH3 is 1.